The normalized spacial score (nSPS) is 11.3. The quantitative estimate of drug-likeness (QED) is 0.523. The van der Waals surface area contributed by atoms with Crippen molar-refractivity contribution >= 4 is 27.9 Å². The van der Waals surface area contributed by atoms with Gasteiger partial charge < -0.3 is 0 Å². The van der Waals surface area contributed by atoms with Crippen molar-refractivity contribution in [1.29, 1.82) is 0 Å². The smallest absolute Gasteiger partial charge is 0.192 e. The number of rotatable bonds is 1. The SMILES string of the molecule is c1csc(-c2nc3c4ccccc4ncn3n2)c1. The molecule has 1 aromatic carbocycles. The highest BCUT2D eigenvalue weighted by Crippen LogP contribution is 2.23. The summed E-state index contributed by atoms with van der Waals surface area (Å²) >= 11 is 1.64. The maximum absolute atomic E-state index is 4.61. The van der Waals surface area contributed by atoms with Crippen molar-refractivity contribution in [1.82, 2.24) is 19.6 Å². The molecule has 4 nitrogen and oxygen atoms in total. The molecule has 0 bridgehead atoms. The molecule has 0 N–H and O–H groups in total. The molecule has 0 unspecified atom stereocenters. The number of benzene rings is 1. The molecular weight excluding hydrogens is 244 g/mol. The number of hydrogen-bond acceptors (Lipinski definition) is 4. The Labute approximate surface area is 107 Å². The average Bonchev–Trinajstić information content (AvgIpc) is 3.07. The third-order valence-electron chi connectivity index (χ3n) is 2.82. The summed E-state index contributed by atoms with van der Waals surface area (Å²) in [5, 5.41) is 7.51. The second-order valence-electron chi connectivity index (χ2n) is 3.94. The molecule has 3 aromatic heterocycles. The molecule has 0 aliphatic heterocycles. The van der Waals surface area contributed by atoms with Gasteiger partial charge in [0.25, 0.3) is 0 Å². The van der Waals surface area contributed by atoms with E-state index >= 15 is 0 Å². The Hall–Kier alpha value is -2.27. The highest BCUT2D eigenvalue weighted by Gasteiger charge is 2.09. The van der Waals surface area contributed by atoms with Crippen LogP contribution in [0.15, 0.2) is 48.1 Å². The lowest BCUT2D eigenvalue weighted by atomic mass is 10.2. The minimum atomic E-state index is 0.753. The molecule has 18 heavy (non-hydrogen) atoms. The van der Waals surface area contributed by atoms with Gasteiger partial charge in [-0.3, -0.25) is 0 Å². The zero-order valence-corrected chi connectivity index (χ0v) is 10.1. The summed E-state index contributed by atoms with van der Waals surface area (Å²) < 4.78 is 1.73. The van der Waals surface area contributed by atoms with Crippen molar-refractivity contribution in [2.45, 2.75) is 0 Å². The topological polar surface area (TPSA) is 43.1 Å². The van der Waals surface area contributed by atoms with E-state index in [0.29, 0.717) is 0 Å². The van der Waals surface area contributed by atoms with Crippen molar-refractivity contribution in [3.8, 4) is 10.7 Å². The van der Waals surface area contributed by atoms with Crippen LogP contribution in [0.3, 0.4) is 0 Å². The average molecular weight is 252 g/mol. The number of fused-ring (bicyclic) bond motifs is 3. The molecule has 0 saturated heterocycles. The molecule has 0 saturated carbocycles. The van der Waals surface area contributed by atoms with Gasteiger partial charge in [0.1, 0.15) is 6.33 Å². The Morgan fingerprint density at radius 1 is 1.06 bits per heavy atom. The Morgan fingerprint density at radius 3 is 2.89 bits per heavy atom. The Morgan fingerprint density at radius 2 is 2.00 bits per heavy atom. The Balaban J connectivity index is 2.08. The first-order chi connectivity index (χ1) is 8.92. The van der Waals surface area contributed by atoms with Crippen LogP contribution in [0.1, 0.15) is 0 Å². The first-order valence-corrected chi connectivity index (χ1v) is 6.44. The summed E-state index contributed by atoms with van der Waals surface area (Å²) in [6, 6.07) is 12.0. The van der Waals surface area contributed by atoms with Crippen molar-refractivity contribution in [3.05, 3.63) is 48.1 Å². The predicted octanol–water partition coefficient (Wildman–Crippen LogP) is 3.01. The maximum Gasteiger partial charge on any atom is 0.192 e. The monoisotopic (exact) mass is 252 g/mol. The molecule has 0 aliphatic rings. The second kappa shape index (κ2) is 3.61. The summed E-state index contributed by atoms with van der Waals surface area (Å²) in [6.45, 7) is 0. The fourth-order valence-corrected chi connectivity index (χ4v) is 2.64. The van der Waals surface area contributed by atoms with Crippen LogP contribution in [0.5, 0.6) is 0 Å². The molecule has 0 fully saturated rings. The number of hydrogen-bond donors (Lipinski definition) is 0. The fraction of sp³-hybridized carbons (Fsp3) is 0. The Kier molecular flexibility index (Phi) is 1.95. The highest BCUT2D eigenvalue weighted by atomic mass is 32.1. The highest BCUT2D eigenvalue weighted by molar-refractivity contribution is 7.13. The fourth-order valence-electron chi connectivity index (χ4n) is 1.99. The van der Waals surface area contributed by atoms with E-state index < -0.39 is 0 Å². The van der Waals surface area contributed by atoms with Crippen molar-refractivity contribution in [2.24, 2.45) is 0 Å². The summed E-state index contributed by atoms with van der Waals surface area (Å²) in [7, 11) is 0. The molecule has 3 heterocycles. The van der Waals surface area contributed by atoms with Gasteiger partial charge in [-0.2, -0.15) is 0 Å². The van der Waals surface area contributed by atoms with Crippen LogP contribution >= 0.6 is 11.3 Å². The van der Waals surface area contributed by atoms with Gasteiger partial charge in [0, 0.05) is 5.39 Å². The first-order valence-electron chi connectivity index (χ1n) is 5.56. The van der Waals surface area contributed by atoms with Crippen LogP contribution in [0, 0.1) is 0 Å². The van der Waals surface area contributed by atoms with E-state index in [1.54, 1.807) is 22.2 Å². The number of nitrogens with zero attached hydrogens (tertiary/aromatic N) is 4. The molecule has 5 heteroatoms. The second-order valence-corrected chi connectivity index (χ2v) is 4.89. The minimum Gasteiger partial charge on any atom is -0.236 e. The van der Waals surface area contributed by atoms with Gasteiger partial charge in [-0.05, 0) is 23.6 Å². The van der Waals surface area contributed by atoms with E-state index in [-0.39, 0.29) is 0 Å². The van der Waals surface area contributed by atoms with E-state index in [9.17, 15) is 0 Å². The zero-order chi connectivity index (χ0) is 11.9. The van der Waals surface area contributed by atoms with E-state index in [1.807, 2.05) is 41.8 Å². The molecule has 4 rings (SSSR count). The van der Waals surface area contributed by atoms with Gasteiger partial charge in [0.15, 0.2) is 11.5 Å². The van der Waals surface area contributed by atoms with Gasteiger partial charge in [-0.25, -0.2) is 14.5 Å². The third kappa shape index (κ3) is 1.34. The predicted molar refractivity (Wildman–Crippen MR) is 71.6 cm³/mol. The van der Waals surface area contributed by atoms with Crippen LogP contribution in [0.2, 0.25) is 0 Å². The molecule has 0 atom stereocenters. The molecule has 0 spiro atoms. The summed E-state index contributed by atoms with van der Waals surface area (Å²) in [6.07, 6.45) is 1.71. The van der Waals surface area contributed by atoms with Gasteiger partial charge in [-0.1, -0.05) is 18.2 Å². The van der Waals surface area contributed by atoms with Crippen molar-refractivity contribution < 1.29 is 0 Å². The van der Waals surface area contributed by atoms with Crippen LogP contribution in [0.4, 0.5) is 0 Å². The maximum atomic E-state index is 4.61. The first kappa shape index (κ1) is 9.73. The standard InChI is InChI=1S/C13H8N4S/c1-2-5-10-9(4-1)13-15-12(11-6-3-7-18-11)16-17(13)8-14-10/h1-8H. The molecule has 4 aromatic rings. The molecule has 0 aliphatic carbocycles. The van der Waals surface area contributed by atoms with Crippen LogP contribution in [0.25, 0.3) is 27.3 Å². The molecule has 86 valence electrons. The van der Waals surface area contributed by atoms with E-state index in [4.69, 9.17) is 0 Å². The summed E-state index contributed by atoms with van der Waals surface area (Å²) in [5.74, 6) is 0.753. The van der Waals surface area contributed by atoms with E-state index in [1.165, 1.54) is 0 Å². The van der Waals surface area contributed by atoms with E-state index in [0.717, 1.165) is 27.3 Å². The Bertz CT molecular complexity index is 833. The molecule has 0 radical (unpaired) electrons. The molecular formula is C13H8N4S. The van der Waals surface area contributed by atoms with Crippen LogP contribution in [-0.4, -0.2) is 19.6 Å². The van der Waals surface area contributed by atoms with Crippen molar-refractivity contribution in [3.63, 3.8) is 0 Å². The number of thiophene rings is 1. The lowest BCUT2D eigenvalue weighted by Crippen LogP contribution is -1.90. The van der Waals surface area contributed by atoms with E-state index in [2.05, 4.69) is 15.1 Å². The number of para-hydroxylation sites is 1. The minimum absolute atomic E-state index is 0.753. The molecule has 0 amide bonds. The van der Waals surface area contributed by atoms with Gasteiger partial charge in [0.2, 0.25) is 0 Å². The van der Waals surface area contributed by atoms with Gasteiger partial charge >= 0.3 is 0 Å². The van der Waals surface area contributed by atoms with Gasteiger partial charge in [0.05, 0.1) is 10.4 Å². The zero-order valence-electron chi connectivity index (χ0n) is 9.32. The lowest BCUT2D eigenvalue weighted by Gasteiger charge is -1.96. The number of aromatic nitrogens is 4. The van der Waals surface area contributed by atoms with Gasteiger partial charge in [-0.15, -0.1) is 16.4 Å². The third-order valence-corrected chi connectivity index (χ3v) is 3.69. The summed E-state index contributed by atoms with van der Waals surface area (Å²) in [4.78, 5) is 10.0. The van der Waals surface area contributed by atoms with Crippen LogP contribution < -0.4 is 0 Å². The van der Waals surface area contributed by atoms with Crippen LogP contribution in [-0.2, 0) is 0 Å². The summed E-state index contributed by atoms with van der Waals surface area (Å²) in [5.41, 5.74) is 1.79. The largest absolute Gasteiger partial charge is 0.236 e. The van der Waals surface area contributed by atoms with Crippen molar-refractivity contribution in [2.75, 3.05) is 0 Å². The lowest BCUT2D eigenvalue weighted by molar-refractivity contribution is 0.939.